The third-order valence-corrected chi connectivity index (χ3v) is 4.75. The van der Waals surface area contributed by atoms with Crippen molar-refractivity contribution in [1.29, 1.82) is 0 Å². The van der Waals surface area contributed by atoms with Gasteiger partial charge in [-0.15, -0.1) is 24.0 Å². The third-order valence-electron chi connectivity index (χ3n) is 4.75. The number of unbranched alkanes of at least 4 members (excludes halogenated alkanes) is 1. The molecule has 1 aromatic rings. The maximum absolute atomic E-state index is 11.1. The molecule has 1 aliphatic heterocycles. The molecule has 1 aromatic carbocycles. The highest BCUT2D eigenvalue weighted by Gasteiger charge is 2.14. The van der Waals surface area contributed by atoms with Crippen molar-refractivity contribution in [3.63, 3.8) is 0 Å². The molecular weight excluding hydrogens is 455 g/mol. The zero-order valence-corrected chi connectivity index (χ0v) is 19.0. The van der Waals surface area contributed by atoms with E-state index in [-0.39, 0.29) is 36.0 Å². The summed E-state index contributed by atoms with van der Waals surface area (Å²) in [4.78, 5) is 17.9. The van der Waals surface area contributed by atoms with Gasteiger partial charge in [0.2, 0.25) is 0 Å². The Bertz CT molecular complexity index is 603. The van der Waals surface area contributed by atoms with Gasteiger partial charge in [-0.3, -0.25) is 9.79 Å². The molecule has 1 fully saturated rings. The largest absolute Gasteiger partial charge is 0.469 e. The SMILES string of the molecule is CN=C(NCCCCC(=O)OC)NC(C)c1cccc(N2CCCC2)c1.I. The van der Waals surface area contributed by atoms with E-state index in [9.17, 15) is 4.79 Å². The van der Waals surface area contributed by atoms with Gasteiger partial charge in [0.25, 0.3) is 0 Å². The van der Waals surface area contributed by atoms with Crippen molar-refractivity contribution in [1.82, 2.24) is 10.6 Å². The Morgan fingerprint density at radius 1 is 1.30 bits per heavy atom. The van der Waals surface area contributed by atoms with Crippen molar-refractivity contribution in [3.8, 4) is 0 Å². The fourth-order valence-electron chi connectivity index (χ4n) is 3.15. The Hall–Kier alpha value is -1.51. The molecule has 0 saturated carbocycles. The number of methoxy groups -OCH3 is 1. The number of rotatable bonds is 8. The number of carbonyl (C=O) groups is 1. The Labute approximate surface area is 180 Å². The molecule has 1 heterocycles. The van der Waals surface area contributed by atoms with E-state index in [1.807, 2.05) is 0 Å². The smallest absolute Gasteiger partial charge is 0.305 e. The number of nitrogens with one attached hydrogen (secondary N) is 2. The highest BCUT2D eigenvalue weighted by Crippen LogP contribution is 2.23. The predicted octanol–water partition coefficient (Wildman–Crippen LogP) is 3.47. The summed E-state index contributed by atoms with van der Waals surface area (Å²) in [7, 11) is 3.20. The van der Waals surface area contributed by atoms with Gasteiger partial charge in [-0.05, 0) is 50.3 Å². The van der Waals surface area contributed by atoms with Crippen molar-refractivity contribution >= 4 is 41.6 Å². The molecule has 1 unspecified atom stereocenters. The molecule has 0 aromatic heterocycles. The number of nitrogens with zero attached hydrogens (tertiary/aromatic N) is 2. The molecule has 0 amide bonds. The lowest BCUT2D eigenvalue weighted by atomic mass is 10.1. The summed E-state index contributed by atoms with van der Waals surface area (Å²) in [5.74, 6) is 0.626. The molecule has 0 radical (unpaired) electrons. The Balaban J connectivity index is 0.00000364. The van der Waals surface area contributed by atoms with Gasteiger partial charge in [0.1, 0.15) is 0 Å². The molecular formula is C20H33IN4O2. The van der Waals surface area contributed by atoms with Crippen LogP contribution in [0.15, 0.2) is 29.3 Å². The normalized spacial score (nSPS) is 15.1. The maximum atomic E-state index is 11.1. The monoisotopic (exact) mass is 488 g/mol. The lowest BCUT2D eigenvalue weighted by Crippen LogP contribution is -2.39. The Morgan fingerprint density at radius 3 is 2.70 bits per heavy atom. The molecule has 2 rings (SSSR count). The lowest BCUT2D eigenvalue weighted by Gasteiger charge is -2.22. The molecule has 7 heteroatoms. The van der Waals surface area contributed by atoms with Crippen LogP contribution >= 0.6 is 24.0 Å². The van der Waals surface area contributed by atoms with Crippen LogP contribution in [0, 0.1) is 0 Å². The molecule has 1 atom stereocenters. The van der Waals surface area contributed by atoms with Crippen LogP contribution in [0.5, 0.6) is 0 Å². The van der Waals surface area contributed by atoms with Crippen molar-refractivity contribution in [3.05, 3.63) is 29.8 Å². The minimum Gasteiger partial charge on any atom is -0.469 e. The van der Waals surface area contributed by atoms with Crippen LogP contribution in [0.25, 0.3) is 0 Å². The van der Waals surface area contributed by atoms with Crippen LogP contribution in [0.1, 0.15) is 50.6 Å². The van der Waals surface area contributed by atoms with Crippen LogP contribution in [-0.2, 0) is 9.53 Å². The van der Waals surface area contributed by atoms with Crippen molar-refractivity contribution < 1.29 is 9.53 Å². The van der Waals surface area contributed by atoms with E-state index in [1.54, 1.807) is 7.05 Å². The van der Waals surface area contributed by atoms with Gasteiger partial charge >= 0.3 is 5.97 Å². The van der Waals surface area contributed by atoms with Crippen LogP contribution in [0.3, 0.4) is 0 Å². The first-order chi connectivity index (χ1) is 12.6. The minimum atomic E-state index is -0.154. The highest BCUT2D eigenvalue weighted by molar-refractivity contribution is 14.0. The average Bonchev–Trinajstić information content (AvgIpc) is 3.21. The van der Waals surface area contributed by atoms with E-state index in [0.717, 1.165) is 38.4 Å². The van der Waals surface area contributed by atoms with E-state index in [4.69, 9.17) is 0 Å². The second-order valence-electron chi connectivity index (χ2n) is 6.69. The second kappa shape index (κ2) is 12.8. The number of aliphatic imine (C=N–C) groups is 1. The van der Waals surface area contributed by atoms with Crippen molar-refractivity contribution in [2.24, 2.45) is 4.99 Å². The summed E-state index contributed by atoms with van der Waals surface area (Å²) < 4.78 is 4.65. The Morgan fingerprint density at radius 2 is 2.04 bits per heavy atom. The van der Waals surface area contributed by atoms with E-state index < -0.39 is 0 Å². The lowest BCUT2D eigenvalue weighted by molar-refractivity contribution is -0.140. The number of anilines is 1. The first-order valence-electron chi connectivity index (χ1n) is 9.53. The molecule has 6 nitrogen and oxygen atoms in total. The molecule has 2 N–H and O–H groups in total. The summed E-state index contributed by atoms with van der Waals surface area (Å²) in [6.07, 6.45) is 4.73. The van der Waals surface area contributed by atoms with Gasteiger partial charge in [-0.2, -0.15) is 0 Å². The number of esters is 1. The van der Waals surface area contributed by atoms with Gasteiger partial charge in [-0.1, -0.05) is 12.1 Å². The number of halogens is 1. The molecule has 27 heavy (non-hydrogen) atoms. The summed E-state index contributed by atoms with van der Waals surface area (Å²) in [5, 5.41) is 6.75. The van der Waals surface area contributed by atoms with Gasteiger partial charge in [0.15, 0.2) is 5.96 Å². The number of carbonyl (C=O) groups excluding carboxylic acids is 1. The first kappa shape index (κ1) is 23.5. The van der Waals surface area contributed by atoms with Crippen molar-refractivity contribution in [2.45, 2.75) is 45.1 Å². The first-order valence-corrected chi connectivity index (χ1v) is 9.53. The van der Waals surface area contributed by atoms with E-state index in [0.29, 0.717) is 6.42 Å². The number of hydrogen-bond donors (Lipinski definition) is 2. The maximum Gasteiger partial charge on any atom is 0.305 e. The number of ether oxygens (including phenoxy) is 1. The van der Waals surface area contributed by atoms with E-state index >= 15 is 0 Å². The van der Waals surface area contributed by atoms with Crippen LogP contribution in [0.4, 0.5) is 5.69 Å². The summed E-state index contributed by atoms with van der Waals surface area (Å²) in [6.45, 7) is 5.23. The molecule has 1 saturated heterocycles. The summed E-state index contributed by atoms with van der Waals surface area (Å²) >= 11 is 0. The second-order valence-corrected chi connectivity index (χ2v) is 6.69. The van der Waals surface area contributed by atoms with E-state index in [2.05, 4.69) is 56.5 Å². The number of benzene rings is 1. The van der Waals surface area contributed by atoms with E-state index in [1.165, 1.54) is 31.2 Å². The third kappa shape index (κ3) is 7.94. The summed E-state index contributed by atoms with van der Waals surface area (Å²) in [5.41, 5.74) is 2.56. The zero-order valence-electron chi connectivity index (χ0n) is 16.7. The quantitative estimate of drug-likeness (QED) is 0.193. The fraction of sp³-hybridized carbons (Fsp3) is 0.600. The molecule has 1 aliphatic rings. The Kier molecular flexibility index (Phi) is 11.2. The average molecular weight is 488 g/mol. The molecule has 0 spiro atoms. The highest BCUT2D eigenvalue weighted by atomic mass is 127. The number of guanidine groups is 1. The van der Waals surface area contributed by atoms with Gasteiger partial charge in [-0.25, -0.2) is 0 Å². The van der Waals surface area contributed by atoms with Crippen molar-refractivity contribution in [2.75, 3.05) is 38.7 Å². The zero-order chi connectivity index (χ0) is 18.8. The van der Waals surface area contributed by atoms with Gasteiger partial charge in [0, 0.05) is 38.8 Å². The fourth-order valence-corrected chi connectivity index (χ4v) is 3.15. The van der Waals surface area contributed by atoms with Crippen LogP contribution in [0.2, 0.25) is 0 Å². The summed E-state index contributed by atoms with van der Waals surface area (Å²) in [6, 6.07) is 8.91. The van der Waals surface area contributed by atoms with Gasteiger partial charge < -0.3 is 20.3 Å². The number of hydrogen-bond acceptors (Lipinski definition) is 4. The van der Waals surface area contributed by atoms with Crippen LogP contribution in [-0.4, -0.2) is 45.7 Å². The van der Waals surface area contributed by atoms with Gasteiger partial charge in [0.05, 0.1) is 13.2 Å². The molecule has 0 aliphatic carbocycles. The standard InChI is InChI=1S/C20H32N4O2.HI/c1-16(17-9-8-10-18(15-17)24-13-6-7-14-24)23-20(21-2)22-12-5-4-11-19(25)26-3;/h8-10,15-16H,4-7,11-14H2,1-3H3,(H2,21,22,23);1H. The molecule has 152 valence electrons. The molecule has 0 bridgehead atoms. The minimum absolute atomic E-state index is 0. The van der Waals surface area contributed by atoms with Crippen LogP contribution < -0.4 is 15.5 Å². The predicted molar refractivity (Wildman–Crippen MR) is 122 cm³/mol. The topological polar surface area (TPSA) is 66.0 Å².